The van der Waals surface area contributed by atoms with E-state index in [1.807, 2.05) is 0 Å². The third-order valence-corrected chi connectivity index (χ3v) is 5.55. The average Bonchev–Trinajstić information content (AvgIpc) is 3.32. The van der Waals surface area contributed by atoms with Gasteiger partial charge in [0.15, 0.2) is 12.4 Å². The molecule has 1 N–H and O–H groups in total. The van der Waals surface area contributed by atoms with Gasteiger partial charge in [0, 0.05) is 17.0 Å². The molecular formula is C23H20ClNO5S. The van der Waals surface area contributed by atoms with Gasteiger partial charge in [0.05, 0.1) is 17.7 Å². The lowest BCUT2D eigenvalue weighted by Crippen LogP contribution is -2.35. The van der Waals surface area contributed by atoms with Crippen molar-refractivity contribution in [3.63, 3.8) is 0 Å². The number of esters is 1. The zero-order valence-corrected chi connectivity index (χ0v) is 18.2. The third kappa shape index (κ3) is 6.16. The van der Waals surface area contributed by atoms with E-state index in [1.165, 1.54) is 18.4 Å². The summed E-state index contributed by atoms with van der Waals surface area (Å²) in [4.78, 5) is 38.2. The number of hydrogen-bond acceptors (Lipinski definition) is 7. The first-order valence-corrected chi connectivity index (χ1v) is 10.7. The summed E-state index contributed by atoms with van der Waals surface area (Å²) in [6.07, 6.45) is -0.175. The van der Waals surface area contributed by atoms with E-state index in [-0.39, 0.29) is 18.0 Å². The number of halogens is 1. The molecule has 0 aliphatic heterocycles. The highest BCUT2D eigenvalue weighted by atomic mass is 35.5. The predicted octanol–water partition coefficient (Wildman–Crippen LogP) is 4.89. The largest absolute Gasteiger partial charge is 0.495 e. The van der Waals surface area contributed by atoms with Crippen LogP contribution in [-0.4, -0.2) is 37.3 Å². The summed E-state index contributed by atoms with van der Waals surface area (Å²) in [5, 5.41) is 5.18. The Morgan fingerprint density at radius 2 is 1.81 bits per heavy atom. The van der Waals surface area contributed by atoms with Gasteiger partial charge >= 0.3 is 5.97 Å². The predicted molar refractivity (Wildman–Crippen MR) is 120 cm³/mol. The van der Waals surface area contributed by atoms with Crippen molar-refractivity contribution in [3.05, 3.63) is 81.5 Å². The molecule has 1 atom stereocenters. The van der Waals surface area contributed by atoms with Gasteiger partial charge in [-0.2, -0.15) is 0 Å². The molecule has 2 aromatic carbocycles. The number of anilines is 1. The zero-order valence-electron chi connectivity index (χ0n) is 16.7. The highest BCUT2D eigenvalue weighted by Crippen LogP contribution is 2.29. The number of rotatable bonds is 10. The Morgan fingerprint density at radius 1 is 1.03 bits per heavy atom. The Labute approximate surface area is 188 Å². The van der Waals surface area contributed by atoms with Crippen molar-refractivity contribution < 1.29 is 23.9 Å². The maximum atomic E-state index is 12.8. The van der Waals surface area contributed by atoms with Gasteiger partial charge in [0.1, 0.15) is 11.8 Å². The number of Topliss-reactive ketones (excluding diaryl/α,β-unsaturated/α-hetero) is 2. The Kier molecular flexibility index (Phi) is 7.81. The van der Waals surface area contributed by atoms with Gasteiger partial charge in [0.25, 0.3) is 0 Å². The summed E-state index contributed by atoms with van der Waals surface area (Å²) < 4.78 is 10.5. The number of benzene rings is 2. The molecule has 160 valence electrons. The number of carbonyl (C=O) groups excluding carboxylic acids is 3. The van der Waals surface area contributed by atoms with Gasteiger partial charge in [-0.05, 0) is 29.6 Å². The summed E-state index contributed by atoms with van der Waals surface area (Å²) in [5.74, 6) is -0.835. The lowest BCUT2D eigenvalue weighted by Gasteiger charge is -2.20. The van der Waals surface area contributed by atoms with E-state index in [1.54, 1.807) is 66.0 Å². The minimum Gasteiger partial charge on any atom is -0.495 e. The number of nitrogens with one attached hydrogen (secondary N) is 1. The van der Waals surface area contributed by atoms with Crippen LogP contribution in [0.25, 0.3) is 0 Å². The summed E-state index contributed by atoms with van der Waals surface area (Å²) in [6, 6.07) is 15.9. The van der Waals surface area contributed by atoms with Crippen LogP contribution in [0.3, 0.4) is 0 Å². The first kappa shape index (κ1) is 22.5. The second-order valence-electron chi connectivity index (χ2n) is 6.54. The molecule has 0 amide bonds. The lowest BCUT2D eigenvalue weighted by atomic mass is 10.0. The maximum Gasteiger partial charge on any atom is 0.329 e. The summed E-state index contributed by atoms with van der Waals surface area (Å²) >= 11 is 7.34. The number of methoxy groups -OCH3 is 1. The maximum absolute atomic E-state index is 12.8. The standard InChI is InChI=1S/C23H20ClNO5S/c1-29-21-10-9-16(24)12-17(21)25-18(13-19(26)15-6-3-2-4-7-15)23(28)30-14-20(27)22-8-5-11-31-22/h2-12,18,25H,13-14H2,1H3. The van der Waals surface area contributed by atoms with Crippen molar-refractivity contribution in [2.75, 3.05) is 19.0 Å². The molecule has 6 nitrogen and oxygen atoms in total. The van der Waals surface area contributed by atoms with E-state index in [4.69, 9.17) is 21.1 Å². The summed E-state index contributed by atoms with van der Waals surface area (Å²) in [6.45, 7) is -0.413. The molecule has 1 aromatic heterocycles. The Balaban J connectivity index is 1.77. The molecule has 3 aromatic rings. The van der Waals surface area contributed by atoms with Crippen molar-refractivity contribution >= 4 is 46.2 Å². The van der Waals surface area contributed by atoms with Gasteiger partial charge < -0.3 is 14.8 Å². The molecule has 0 aliphatic rings. The lowest BCUT2D eigenvalue weighted by molar-refractivity contribution is -0.143. The van der Waals surface area contributed by atoms with Crippen molar-refractivity contribution in [1.29, 1.82) is 0 Å². The molecule has 31 heavy (non-hydrogen) atoms. The van der Waals surface area contributed by atoms with E-state index in [2.05, 4.69) is 5.32 Å². The fraction of sp³-hybridized carbons (Fsp3) is 0.174. The highest BCUT2D eigenvalue weighted by Gasteiger charge is 2.26. The molecule has 0 radical (unpaired) electrons. The Bertz CT molecular complexity index is 1050. The van der Waals surface area contributed by atoms with Crippen LogP contribution < -0.4 is 10.1 Å². The number of ketones is 2. The average molecular weight is 458 g/mol. The molecule has 0 saturated heterocycles. The number of carbonyl (C=O) groups is 3. The number of thiophene rings is 1. The number of hydrogen-bond donors (Lipinski definition) is 1. The molecule has 0 aliphatic carbocycles. The molecule has 8 heteroatoms. The van der Waals surface area contributed by atoms with E-state index in [9.17, 15) is 14.4 Å². The second-order valence-corrected chi connectivity index (χ2v) is 7.93. The summed E-state index contributed by atoms with van der Waals surface area (Å²) in [7, 11) is 1.48. The van der Waals surface area contributed by atoms with Crippen LogP contribution in [0.2, 0.25) is 5.02 Å². The zero-order chi connectivity index (χ0) is 22.2. The van der Waals surface area contributed by atoms with Crippen LogP contribution in [0.15, 0.2) is 66.0 Å². The van der Waals surface area contributed by atoms with Gasteiger partial charge in [-0.25, -0.2) is 4.79 Å². The highest BCUT2D eigenvalue weighted by molar-refractivity contribution is 7.12. The first-order chi connectivity index (χ1) is 15.0. The first-order valence-electron chi connectivity index (χ1n) is 9.39. The van der Waals surface area contributed by atoms with Crippen LogP contribution in [0.5, 0.6) is 5.75 Å². The van der Waals surface area contributed by atoms with E-state index in [0.29, 0.717) is 26.9 Å². The smallest absolute Gasteiger partial charge is 0.329 e. The fourth-order valence-electron chi connectivity index (χ4n) is 2.85. The number of ether oxygens (including phenoxy) is 2. The van der Waals surface area contributed by atoms with Gasteiger partial charge in [-0.3, -0.25) is 9.59 Å². The van der Waals surface area contributed by atoms with Crippen molar-refractivity contribution in [3.8, 4) is 5.75 Å². The van der Waals surface area contributed by atoms with Crippen LogP contribution in [0, 0.1) is 0 Å². The molecular weight excluding hydrogens is 438 g/mol. The van der Waals surface area contributed by atoms with Gasteiger partial charge in [-0.1, -0.05) is 48.0 Å². The molecule has 0 bridgehead atoms. The molecule has 1 heterocycles. The minimum absolute atomic E-state index is 0.175. The van der Waals surface area contributed by atoms with Crippen LogP contribution in [-0.2, 0) is 9.53 Å². The van der Waals surface area contributed by atoms with Gasteiger partial charge in [-0.15, -0.1) is 11.3 Å². The quantitative estimate of drug-likeness (QED) is 0.345. The van der Waals surface area contributed by atoms with E-state index in [0.717, 1.165) is 0 Å². The molecule has 0 spiro atoms. The van der Waals surface area contributed by atoms with E-state index < -0.39 is 18.6 Å². The Hall–Kier alpha value is -3.16. The minimum atomic E-state index is -1.05. The normalized spacial score (nSPS) is 11.4. The van der Waals surface area contributed by atoms with Crippen molar-refractivity contribution in [1.82, 2.24) is 0 Å². The van der Waals surface area contributed by atoms with E-state index >= 15 is 0 Å². The SMILES string of the molecule is COc1ccc(Cl)cc1NC(CC(=O)c1ccccc1)C(=O)OCC(=O)c1cccs1. The van der Waals surface area contributed by atoms with Crippen LogP contribution in [0.4, 0.5) is 5.69 Å². The van der Waals surface area contributed by atoms with Gasteiger partial charge in [0.2, 0.25) is 5.78 Å². The van der Waals surface area contributed by atoms with Crippen LogP contribution in [0.1, 0.15) is 26.5 Å². The molecule has 0 fully saturated rings. The topological polar surface area (TPSA) is 81.7 Å². The Morgan fingerprint density at radius 3 is 2.48 bits per heavy atom. The monoisotopic (exact) mass is 457 g/mol. The van der Waals surface area contributed by atoms with Crippen LogP contribution >= 0.6 is 22.9 Å². The van der Waals surface area contributed by atoms with Crippen molar-refractivity contribution in [2.24, 2.45) is 0 Å². The molecule has 1 unspecified atom stereocenters. The second kappa shape index (κ2) is 10.7. The fourth-order valence-corrected chi connectivity index (χ4v) is 3.67. The molecule has 3 rings (SSSR count). The third-order valence-electron chi connectivity index (χ3n) is 4.40. The molecule has 0 saturated carbocycles. The summed E-state index contributed by atoms with van der Waals surface area (Å²) in [5.41, 5.74) is 0.900. The van der Waals surface area contributed by atoms with Crippen molar-refractivity contribution in [2.45, 2.75) is 12.5 Å².